The Balaban J connectivity index is 1.21. The molecule has 33 heavy (non-hydrogen) atoms. The Kier molecular flexibility index (Phi) is 6.53. The van der Waals surface area contributed by atoms with Gasteiger partial charge >= 0.3 is 5.69 Å². The lowest BCUT2D eigenvalue weighted by Gasteiger charge is -2.20. The van der Waals surface area contributed by atoms with Gasteiger partial charge in [0.1, 0.15) is 18.1 Å². The summed E-state index contributed by atoms with van der Waals surface area (Å²) in [5.74, 6) is 1.70. The van der Waals surface area contributed by atoms with Gasteiger partial charge in [0.05, 0.1) is 17.5 Å². The Labute approximate surface area is 195 Å². The van der Waals surface area contributed by atoms with Crippen LogP contribution < -0.4 is 15.2 Å². The topological polar surface area (TPSA) is 48.6 Å². The van der Waals surface area contributed by atoms with Gasteiger partial charge in [0.15, 0.2) is 0 Å². The predicted molar refractivity (Wildman–Crippen MR) is 130 cm³/mol. The van der Waals surface area contributed by atoms with Crippen LogP contribution in [0, 0.1) is 0 Å². The number of nitrogens with zero attached hydrogens (tertiary/aromatic N) is 3. The second kappa shape index (κ2) is 9.87. The van der Waals surface area contributed by atoms with Crippen molar-refractivity contribution in [3.8, 4) is 22.9 Å². The molecule has 1 unspecified atom stereocenters. The van der Waals surface area contributed by atoms with Crippen molar-refractivity contribution in [2.45, 2.75) is 57.6 Å². The molecule has 1 saturated heterocycles. The third kappa shape index (κ3) is 5.01. The molecular weight excluding hydrogens is 414 g/mol. The fraction of sp³-hybridized carbons (Fsp3) is 0.444. The average Bonchev–Trinajstić information content (AvgIpc) is 3.58. The van der Waals surface area contributed by atoms with Crippen molar-refractivity contribution in [1.82, 2.24) is 14.0 Å². The molecule has 2 heterocycles. The van der Waals surface area contributed by atoms with Gasteiger partial charge in [0.25, 0.3) is 0 Å². The summed E-state index contributed by atoms with van der Waals surface area (Å²) in [4.78, 5) is 15.5. The summed E-state index contributed by atoms with van der Waals surface area (Å²) in [5, 5.41) is 0. The smallest absolute Gasteiger partial charge is 0.337 e. The highest BCUT2D eigenvalue weighted by atomic mass is 16.5. The Morgan fingerprint density at radius 1 is 0.818 bits per heavy atom. The SMILES string of the molecule is CC1CCCN1CCOc1ccc(-n2ccn(-c3ccc(OC4CCCC4)cc3)c2=O)cc1. The van der Waals surface area contributed by atoms with Crippen molar-refractivity contribution in [3.05, 3.63) is 71.4 Å². The normalized spacial score (nSPS) is 19.2. The molecule has 1 saturated carbocycles. The summed E-state index contributed by atoms with van der Waals surface area (Å²) in [5.41, 5.74) is 1.55. The Morgan fingerprint density at radius 2 is 1.42 bits per heavy atom. The lowest BCUT2D eigenvalue weighted by atomic mass is 10.2. The molecule has 0 bridgehead atoms. The van der Waals surface area contributed by atoms with E-state index in [1.165, 1.54) is 32.2 Å². The fourth-order valence-corrected chi connectivity index (χ4v) is 4.96. The van der Waals surface area contributed by atoms with Crippen LogP contribution in [0.2, 0.25) is 0 Å². The van der Waals surface area contributed by atoms with Gasteiger partial charge in [-0.2, -0.15) is 0 Å². The van der Waals surface area contributed by atoms with Crippen LogP contribution in [0.25, 0.3) is 11.4 Å². The van der Waals surface area contributed by atoms with Gasteiger partial charge in [-0.1, -0.05) is 0 Å². The van der Waals surface area contributed by atoms with E-state index in [9.17, 15) is 4.79 Å². The molecule has 3 aromatic rings. The summed E-state index contributed by atoms with van der Waals surface area (Å²) in [6.45, 7) is 5.08. The molecule has 0 N–H and O–H groups in total. The first-order valence-corrected chi connectivity index (χ1v) is 12.2. The minimum absolute atomic E-state index is 0.101. The lowest BCUT2D eigenvalue weighted by molar-refractivity contribution is 0.204. The molecule has 174 valence electrons. The number of ether oxygens (including phenoxy) is 2. The van der Waals surface area contributed by atoms with E-state index < -0.39 is 0 Å². The molecule has 0 amide bonds. The zero-order chi connectivity index (χ0) is 22.6. The highest BCUT2D eigenvalue weighted by Gasteiger charge is 2.19. The van der Waals surface area contributed by atoms with Gasteiger partial charge in [-0.15, -0.1) is 0 Å². The van der Waals surface area contributed by atoms with Crippen LogP contribution >= 0.6 is 0 Å². The van der Waals surface area contributed by atoms with E-state index in [0.29, 0.717) is 18.8 Å². The molecule has 6 nitrogen and oxygen atoms in total. The van der Waals surface area contributed by atoms with Crippen LogP contribution in [0.4, 0.5) is 0 Å². The van der Waals surface area contributed by atoms with Crippen LogP contribution in [0.1, 0.15) is 45.4 Å². The molecule has 0 spiro atoms. The number of likely N-dealkylation sites (tertiary alicyclic amines) is 1. The van der Waals surface area contributed by atoms with Gasteiger partial charge in [-0.3, -0.25) is 14.0 Å². The molecule has 2 aliphatic rings. The third-order valence-corrected chi connectivity index (χ3v) is 6.95. The van der Waals surface area contributed by atoms with E-state index in [4.69, 9.17) is 9.47 Å². The van der Waals surface area contributed by atoms with E-state index in [1.54, 1.807) is 21.5 Å². The monoisotopic (exact) mass is 447 g/mol. The highest BCUT2D eigenvalue weighted by molar-refractivity contribution is 5.40. The molecule has 1 aliphatic heterocycles. The van der Waals surface area contributed by atoms with Crippen LogP contribution in [0.15, 0.2) is 65.7 Å². The van der Waals surface area contributed by atoms with E-state index in [2.05, 4.69) is 11.8 Å². The van der Waals surface area contributed by atoms with Gasteiger partial charge in [0.2, 0.25) is 0 Å². The number of rotatable bonds is 8. The second-order valence-corrected chi connectivity index (χ2v) is 9.21. The average molecular weight is 448 g/mol. The van der Waals surface area contributed by atoms with Gasteiger partial charge < -0.3 is 9.47 Å². The Morgan fingerprint density at radius 3 is 2.00 bits per heavy atom. The molecule has 1 atom stereocenters. The highest BCUT2D eigenvalue weighted by Crippen LogP contribution is 2.25. The fourth-order valence-electron chi connectivity index (χ4n) is 4.96. The predicted octanol–water partition coefficient (Wildman–Crippen LogP) is 4.81. The quantitative estimate of drug-likeness (QED) is 0.497. The van der Waals surface area contributed by atoms with Crippen molar-refractivity contribution in [2.75, 3.05) is 19.7 Å². The summed E-state index contributed by atoms with van der Waals surface area (Å²) in [7, 11) is 0. The van der Waals surface area contributed by atoms with Crippen molar-refractivity contribution in [2.24, 2.45) is 0 Å². The zero-order valence-electron chi connectivity index (χ0n) is 19.4. The molecule has 1 aromatic heterocycles. The van der Waals surface area contributed by atoms with Crippen LogP contribution in [-0.2, 0) is 0 Å². The first-order valence-electron chi connectivity index (χ1n) is 12.2. The van der Waals surface area contributed by atoms with Crippen LogP contribution in [0.5, 0.6) is 11.5 Å². The third-order valence-electron chi connectivity index (χ3n) is 6.95. The second-order valence-electron chi connectivity index (χ2n) is 9.21. The summed E-state index contributed by atoms with van der Waals surface area (Å²) in [6, 6.07) is 16.2. The largest absolute Gasteiger partial charge is 0.492 e. The van der Waals surface area contributed by atoms with Crippen molar-refractivity contribution in [3.63, 3.8) is 0 Å². The van der Waals surface area contributed by atoms with E-state index in [0.717, 1.165) is 42.3 Å². The Bertz CT molecular complexity index is 1090. The molecule has 2 fully saturated rings. The Hall–Kier alpha value is -2.99. The number of hydrogen-bond acceptors (Lipinski definition) is 4. The van der Waals surface area contributed by atoms with Crippen molar-refractivity contribution in [1.29, 1.82) is 0 Å². The van der Waals surface area contributed by atoms with Gasteiger partial charge in [-0.05, 0) is 101 Å². The van der Waals surface area contributed by atoms with Gasteiger partial charge in [0, 0.05) is 25.0 Å². The van der Waals surface area contributed by atoms with Crippen LogP contribution in [0.3, 0.4) is 0 Å². The minimum Gasteiger partial charge on any atom is -0.492 e. The number of benzene rings is 2. The van der Waals surface area contributed by atoms with Crippen molar-refractivity contribution < 1.29 is 9.47 Å². The van der Waals surface area contributed by atoms with Crippen LogP contribution in [-0.4, -0.2) is 45.9 Å². The van der Waals surface area contributed by atoms with E-state index >= 15 is 0 Å². The molecular formula is C27H33N3O3. The molecule has 5 rings (SSSR count). The maximum Gasteiger partial charge on any atom is 0.337 e. The summed E-state index contributed by atoms with van der Waals surface area (Å²) < 4.78 is 15.3. The minimum atomic E-state index is -0.101. The van der Waals surface area contributed by atoms with E-state index in [1.807, 2.05) is 48.5 Å². The molecule has 2 aromatic carbocycles. The standard InChI is InChI=1S/C27H33N3O3/c1-21-5-4-16-28(21)19-20-32-24-12-8-22(9-13-24)29-17-18-30(27(29)31)23-10-14-26(15-11-23)33-25-6-2-3-7-25/h8-15,17-18,21,25H,2-7,16,19-20H2,1H3. The van der Waals surface area contributed by atoms with Gasteiger partial charge in [-0.25, -0.2) is 4.79 Å². The van der Waals surface area contributed by atoms with Crippen molar-refractivity contribution >= 4 is 0 Å². The first-order chi connectivity index (χ1) is 16.2. The number of hydrogen-bond donors (Lipinski definition) is 0. The van der Waals surface area contributed by atoms with E-state index in [-0.39, 0.29) is 5.69 Å². The zero-order valence-corrected chi connectivity index (χ0v) is 19.4. The summed E-state index contributed by atoms with van der Waals surface area (Å²) in [6.07, 6.45) is 11.2. The maximum atomic E-state index is 13.0. The molecule has 0 radical (unpaired) electrons. The molecule has 6 heteroatoms. The maximum absolute atomic E-state index is 13.0. The lowest BCUT2D eigenvalue weighted by Crippen LogP contribution is -2.31. The first kappa shape index (κ1) is 21.8. The molecule has 1 aliphatic carbocycles. The summed E-state index contributed by atoms with van der Waals surface area (Å²) >= 11 is 0. The number of aromatic nitrogens is 2. The number of imidazole rings is 1.